The van der Waals surface area contributed by atoms with Gasteiger partial charge in [0.25, 0.3) is 5.56 Å². The lowest BCUT2D eigenvalue weighted by Crippen LogP contribution is -2.33. The number of hydrogen-bond acceptors (Lipinski definition) is 4. The van der Waals surface area contributed by atoms with Gasteiger partial charge in [0.1, 0.15) is 0 Å². The lowest BCUT2D eigenvalue weighted by molar-refractivity contribution is -0.120. The summed E-state index contributed by atoms with van der Waals surface area (Å²) in [7, 11) is 0. The van der Waals surface area contributed by atoms with E-state index >= 15 is 0 Å². The summed E-state index contributed by atoms with van der Waals surface area (Å²) in [6.45, 7) is 6.60. The summed E-state index contributed by atoms with van der Waals surface area (Å²) in [5.41, 5.74) is 0.645. The van der Waals surface area contributed by atoms with Gasteiger partial charge >= 0.3 is 0 Å². The van der Waals surface area contributed by atoms with Crippen molar-refractivity contribution in [3.63, 3.8) is 0 Å². The summed E-state index contributed by atoms with van der Waals surface area (Å²) < 4.78 is 1.71. The molecule has 24 heavy (non-hydrogen) atoms. The summed E-state index contributed by atoms with van der Waals surface area (Å²) in [5.74, 6) is 0.335. The number of benzene rings is 1. The molecule has 0 unspecified atom stereocenters. The molecule has 1 aliphatic rings. The third-order valence-electron chi connectivity index (χ3n) is 3.95. The van der Waals surface area contributed by atoms with Crippen LogP contribution in [0.3, 0.4) is 0 Å². The smallest absolute Gasteiger partial charge is 0.262 e. The summed E-state index contributed by atoms with van der Waals surface area (Å²) >= 11 is 1.36. The Bertz CT molecular complexity index is 812. The number of amides is 1. The monoisotopic (exact) mass is 345 g/mol. The summed E-state index contributed by atoms with van der Waals surface area (Å²) in [6, 6.07) is 7.71. The molecule has 5 nitrogen and oxygen atoms in total. The molecule has 1 heterocycles. The Kier molecular flexibility index (Phi) is 4.94. The van der Waals surface area contributed by atoms with E-state index in [0.717, 1.165) is 12.8 Å². The van der Waals surface area contributed by atoms with Crippen molar-refractivity contribution in [2.45, 2.75) is 56.6 Å². The molecule has 1 N–H and O–H groups in total. The minimum Gasteiger partial charge on any atom is -0.352 e. The van der Waals surface area contributed by atoms with Crippen LogP contribution in [0.2, 0.25) is 0 Å². The Morgan fingerprint density at radius 1 is 1.33 bits per heavy atom. The molecule has 1 atom stereocenters. The van der Waals surface area contributed by atoms with Crippen molar-refractivity contribution in [2.24, 2.45) is 5.92 Å². The van der Waals surface area contributed by atoms with E-state index in [1.807, 2.05) is 25.1 Å². The van der Waals surface area contributed by atoms with E-state index in [9.17, 15) is 9.59 Å². The van der Waals surface area contributed by atoms with Gasteiger partial charge in [0.05, 0.1) is 16.2 Å². The maximum atomic E-state index is 12.8. The van der Waals surface area contributed by atoms with Gasteiger partial charge in [0, 0.05) is 12.6 Å². The SMILES string of the molecule is CC(C)Cn1c(S[C@@H](C)C(=O)NC2CC2)nc2ccccc2c1=O. The Labute approximate surface area is 145 Å². The van der Waals surface area contributed by atoms with Gasteiger partial charge in [0.15, 0.2) is 5.16 Å². The molecule has 2 aromatic rings. The number of nitrogens with one attached hydrogen (secondary N) is 1. The zero-order chi connectivity index (χ0) is 17.3. The lowest BCUT2D eigenvalue weighted by Gasteiger charge is -2.17. The van der Waals surface area contributed by atoms with Crippen LogP contribution < -0.4 is 10.9 Å². The topological polar surface area (TPSA) is 64.0 Å². The molecular formula is C18H23N3O2S. The number of fused-ring (bicyclic) bond motifs is 1. The summed E-state index contributed by atoms with van der Waals surface area (Å²) in [4.78, 5) is 29.7. The molecule has 1 aromatic carbocycles. The second-order valence-electron chi connectivity index (χ2n) is 6.76. The van der Waals surface area contributed by atoms with E-state index in [0.29, 0.717) is 34.6 Å². The minimum atomic E-state index is -0.280. The van der Waals surface area contributed by atoms with Crippen LogP contribution in [-0.4, -0.2) is 26.8 Å². The van der Waals surface area contributed by atoms with Gasteiger partial charge in [-0.15, -0.1) is 0 Å². The molecule has 1 aromatic heterocycles. The van der Waals surface area contributed by atoms with Crippen molar-refractivity contribution < 1.29 is 4.79 Å². The Morgan fingerprint density at radius 2 is 2.04 bits per heavy atom. The van der Waals surface area contributed by atoms with Crippen molar-refractivity contribution in [1.29, 1.82) is 0 Å². The number of nitrogens with zero attached hydrogens (tertiary/aromatic N) is 2. The van der Waals surface area contributed by atoms with Gasteiger partial charge in [-0.2, -0.15) is 0 Å². The molecule has 128 valence electrons. The number of aromatic nitrogens is 2. The van der Waals surface area contributed by atoms with Crippen molar-refractivity contribution in [2.75, 3.05) is 0 Å². The second-order valence-corrected chi connectivity index (χ2v) is 8.07. The molecule has 1 amide bonds. The first-order valence-electron chi connectivity index (χ1n) is 8.42. The van der Waals surface area contributed by atoms with Crippen molar-refractivity contribution in [3.05, 3.63) is 34.6 Å². The lowest BCUT2D eigenvalue weighted by atomic mass is 10.2. The van der Waals surface area contributed by atoms with Gasteiger partial charge < -0.3 is 5.32 Å². The number of thioether (sulfide) groups is 1. The van der Waals surface area contributed by atoms with E-state index in [-0.39, 0.29) is 16.7 Å². The number of rotatable bonds is 6. The maximum absolute atomic E-state index is 12.8. The minimum absolute atomic E-state index is 0.0148. The Balaban J connectivity index is 1.94. The Hall–Kier alpha value is -1.82. The van der Waals surface area contributed by atoms with Crippen LogP contribution >= 0.6 is 11.8 Å². The zero-order valence-corrected chi connectivity index (χ0v) is 15.1. The first-order valence-corrected chi connectivity index (χ1v) is 9.30. The van der Waals surface area contributed by atoms with E-state index < -0.39 is 0 Å². The summed E-state index contributed by atoms with van der Waals surface area (Å²) in [5, 5.41) is 3.97. The van der Waals surface area contributed by atoms with Gasteiger partial charge in [-0.3, -0.25) is 14.2 Å². The predicted molar refractivity (Wildman–Crippen MR) is 97.3 cm³/mol. The maximum Gasteiger partial charge on any atom is 0.262 e. The second kappa shape index (κ2) is 6.97. The third-order valence-corrected chi connectivity index (χ3v) is 5.04. The number of carbonyl (C=O) groups is 1. The highest BCUT2D eigenvalue weighted by atomic mass is 32.2. The average Bonchev–Trinajstić information content (AvgIpc) is 3.34. The number of hydrogen-bond donors (Lipinski definition) is 1. The van der Waals surface area contributed by atoms with E-state index in [1.165, 1.54) is 11.8 Å². The van der Waals surface area contributed by atoms with Crippen LogP contribution in [0, 0.1) is 5.92 Å². The number of para-hydroxylation sites is 1. The van der Waals surface area contributed by atoms with Gasteiger partial charge in [-0.05, 0) is 37.8 Å². The van der Waals surface area contributed by atoms with Gasteiger partial charge in [-0.1, -0.05) is 37.7 Å². The number of carbonyl (C=O) groups excluding carboxylic acids is 1. The van der Waals surface area contributed by atoms with Gasteiger partial charge in [-0.25, -0.2) is 4.98 Å². The normalized spacial score (nSPS) is 15.7. The van der Waals surface area contributed by atoms with Crippen molar-refractivity contribution >= 4 is 28.6 Å². The molecule has 1 saturated carbocycles. The van der Waals surface area contributed by atoms with E-state index in [4.69, 9.17) is 0 Å². The summed E-state index contributed by atoms with van der Waals surface area (Å²) in [6.07, 6.45) is 2.13. The molecule has 6 heteroatoms. The molecule has 1 fully saturated rings. The van der Waals surface area contributed by atoms with Crippen LogP contribution in [0.1, 0.15) is 33.6 Å². The van der Waals surface area contributed by atoms with Crippen molar-refractivity contribution in [3.8, 4) is 0 Å². The first kappa shape index (κ1) is 17.0. The Morgan fingerprint density at radius 3 is 2.71 bits per heavy atom. The predicted octanol–water partition coefficient (Wildman–Crippen LogP) is 2.81. The fourth-order valence-corrected chi connectivity index (χ4v) is 3.45. The molecule has 0 bridgehead atoms. The molecule has 3 rings (SSSR count). The quantitative estimate of drug-likeness (QED) is 0.646. The van der Waals surface area contributed by atoms with Crippen LogP contribution in [0.5, 0.6) is 0 Å². The molecule has 0 aliphatic heterocycles. The molecule has 1 aliphatic carbocycles. The molecule has 0 saturated heterocycles. The fraction of sp³-hybridized carbons (Fsp3) is 0.500. The highest BCUT2D eigenvalue weighted by molar-refractivity contribution is 8.00. The largest absolute Gasteiger partial charge is 0.352 e. The molecule has 0 spiro atoms. The average molecular weight is 345 g/mol. The highest BCUT2D eigenvalue weighted by Gasteiger charge is 2.27. The third kappa shape index (κ3) is 3.80. The van der Waals surface area contributed by atoms with Crippen LogP contribution in [-0.2, 0) is 11.3 Å². The molecular weight excluding hydrogens is 322 g/mol. The zero-order valence-electron chi connectivity index (χ0n) is 14.3. The van der Waals surface area contributed by atoms with E-state index in [1.54, 1.807) is 10.6 Å². The van der Waals surface area contributed by atoms with Crippen LogP contribution in [0.15, 0.2) is 34.2 Å². The van der Waals surface area contributed by atoms with Crippen molar-refractivity contribution in [1.82, 2.24) is 14.9 Å². The first-order chi connectivity index (χ1) is 11.5. The van der Waals surface area contributed by atoms with Crippen LogP contribution in [0.25, 0.3) is 10.9 Å². The van der Waals surface area contributed by atoms with E-state index in [2.05, 4.69) is 24.1 Å². The highest BCUT2D eigenvalue weighted by Crippen LogP contribution is 2.25. The standard InChI is InChI=1S/C18H23N3O2S/c1-11(2)10-21-17(23)14-6-4-5-7-15(14)20-18(21)24-12(3)16(22)19-13-8-9-13/h4-7,11-13H,8-10H2,1-3H3,(H,19,22)/t12-/m0/s1. The molecule has 0 radical (unpaired) electrons. The fourth-order valence-electron chi connectivity index (χ4n) is 2.52. The van der Waals surface area contributed by atoms with Gasteiger partial charge in [0.2, 0.25) is 5.91 Å². The van der Waals surface area contributed by atoms with Crippen LogP contribution in [0.4, 0.5) is 0 Å².